The summed E-state index contributed by atoms with van der Waals surface area (Å²) in [6, 6.07) is 18.1. The number of para-hydroxylation sites is 1. The fourth-order valence-corrected chi connectivity index (χ4v) is 5.38. The Hall–Kier alpha value is -3.72. The third-order valence-electron chi connectivity index (χ3n) is 6.33. The molecule has 38 heavy (non-hydrogen) atoms. The van der Waals surface area contributed by atoms with Crippen molar-refractivity contribution in [3.8, 4) is 0 Å². The Morgan fingerprint density at radius 2 is 1.58 bits per heavy atom. The van der Waals surface area contributed by atoms with Crippen LogP contribution < -0.4 is 9.62 Å². The number of aryl methyl sites for hydroxylation is 2. The molecule has 0 fully saturated rings. The molecule has 0 aliphatic heterocycles. The highest BCUT2D eigenvalue weighted by molar-refractivity contribution is 7.92. The van der Waals surface area contributed by atoms with Gasteiger partial charge in [-0.3, -0.25) is 13.9 Å². The molecule has 9 heteroatoms. The molecule has 0 unspecified atom stereocenters. The van der Waals surface area contributed by atoms with Crippen molar-refractivity contribution in [1.29, 1.82) is 0 Å². The fourth-order valence-electron chi connectivity index (χ4n) is 3.95. The molecule has 202 valence electrons. The van der Waals surface area contributed by atoms with Gasteiger partial charge in [0, 0.05) is 13.1 Å². The van der Waals surface area contributed by atoms with Gasteiger partial charge in [0.2, 0.25) is 11.8 Å². The zero-order valence-electron chi connectivity index (χ0n) is 22.1. The maximum absolute atomic E-state index is 14.9. The number of hydrogen-bond donors (Lipinski definition) is 1. The van der Waals surface area contributed by atoms with E-state index >= 15 is 0 Å². The summed E-state index contributed by atoms with van der Waals surface area (Å²) in [5, 5.41) is 2.80. The number of rotatable bonds is 11. The molecule has 0 heterocycles. The second-order valence-electron chi connectivity index (χ2n) is 9.19. The highest BCUT2D eigenvalue weighted by Crippen LogP contribution is 2.27. The molecule has 7 nitrogen and oxygen atoms in total. The first kappa shape index (κ1) is 28.8. The largest absolute Gasteiger partial charge is 0.354 e. The van der Waals surface area contributed by atoms with Gasteiger partial charge in [0.05, 0.1) is 10.6 Å². The zero-order chi connectivity index (χ0) is 27.9. The normalized spacial score (nSPS) is 12.0. The maximum Gasteiger partial charge on any atom is 0.264 e. The summed E-state index contributed by atoms with van der Waals surface area (Å²) in [6.45, 7) is 7.08. The summed E-state index contributed by atoms with van der Waals surface area (Å²) in [7, 11) is -4.32. The molecular formula is C29H34FN3O4S. The van der Waals surface area contributed by atoms with Gasteiger partial charge >= 0.3 is 0 Å². The fraction of sp³-hybridized carbons (Fsp3) is 0.310. The van der Waals surface area contributed by atoms with Crippen molar-refractivity contribution in [3.63, 3.8) is 0 Å². The number of benzene rings is 3. The van der Waals surface area contributed by atoms with Crippen LogP contribution in [0.25, 0.3) is 0 Å². The van der Waals surface area contributed by atoms with Crippen molar-refractivity contribution >= 4 is 27.5 Å². The monoisotopic (exact) mass is 539 g/mol. The van der Waals surface area contributed by atoms with Crippen molar-refractivity contribution in [2.24, 2.45) is 0 Å². The highest BCUT2D eigenvalue weighted by Gasteiger charge is 2.33. The minimum absolute atomic E-state index is 0.0710. The summed E-state index contributed by atoms with van der Waals surface area (Å²) in [5.74, 6) is -1.77. The van der Waals surface area contributed by atoms with E-state index in [1.54, 1.807) is 19.1 Å². The molecular weight excluding hydrogens is 505 g/mol. The average molecular weight is 540 g/mol. The van der Waals surface area contributed by atoms with Crippen LogP contribution in [-0.2, 0) is 26.2 Å². The average Bonchev–Trinajstić information content (AvgIpc) is 2.90. The molecule has 0 radical (unpaired) electrons. The summed E-state index contributed by atoms with van der Waals surface area (Å²) in [6.07, 6.45) is 0.722. The van der Waals surface area contributed by atoms with Gasteiger partial charge in [-0.25, -0.2) is 12.8 Å². The Kier molecular flexibility index (Phi) is 9.63. The van der Waals surface area contributed by atoms with Gasteiger partial charge in [-0.1, -0.05) is 61.0 Å². The van der Waals surface area contributed by atoms with E-state index in [2.05, 4.69) is 5.32 Å². The third kappa shape index (κ3) is 6.77. The first-order valence-corrected chi connectivity index (χ1v) is 14.0. The third-order valence-corrected chi connectivity index (χ3v) is 8.10. The molecule has 0 aliphatic carbocycles. The molecule has 0 bridgehead atoms. The predicted octanol–water partition coefficient (Wildman–Crippen LogP) is 4.58. The van der Waals surface area contributed by atoms with Crippen LogP contribution in [0.3, 0.4) is 0 Å². The van der Waals surface area contributed by atoms with Crippen LogP contribution in [-0.4, -0.2) is 44.3 Å². The molecule has 1 N–H and O–H groups in total. The van der Waals surface area contributed by atoms with Gasteiger partial charge in [-0.2, -0.15) is 0 Å². The number of nitrogens with zero attached hydrogens (tertiary/aromatic N) is 2. The lowest BCUT2D eigenvalue weighted by Gasteiger charge is -2.32. The second kappa shape index (κ2) is 12.7. The Bertz CT molecular complexity index is 1380. The van der Waals surface area contributed by atoms with Crippen LogP contribution in [0.15, 0.2) is 77.7 Å². The molecule has 0 aliphatic rings. The Labute approximate surface area is 224 Å². The van der Waals surface area contributed by atoms with Gasteiger partial charge in [0.1, 0.15) is 18.4 Å². The Morgan fingerprint density at radius 3 is 2.21 bits per heavy atom. The van der Waals surface area contributed by atoms with E-state index in [0.717, 1.165) is 33.5 Å². The second-order valence-corrected chi connectivity index (χ2v) is 11.1. The zero-order valence-corrected chi connectivity index (χ0v) is 23.0. The topological polar surface area (TPSA) is 86.8 Å². The smallest absolute Gasteiger partial charge is 0.264 e. The van der Waals surface area contributed by atoms with E-state index in [-0.39, 0.29) is 23.0 Å². The van der Waals surface area contributed by atoms with E-state index in [1.165, 1.54) is 35.2 Å². The lowest BCUT2D eigenvalue weighted by atomic mass is 10.1. The minimum atomic E-state index is -4.32. The van der Waals surface area contributed by atoms with Crippen LogP contribution in [0.4, 0.5) is 10.1 Å². The summed E-state index contributed by atoms with van der Waals surface area (Å²) >= 11 is 0. The van der Waals surface area contributed by atoms with E-state index < -0.39 is 34.3 Å². The highest BCUT2D eigenvalue weighted by atomic mass is 32.2. The van der Waals surface area contributed by atoms with Crippen molar-refractivity contribution in [2.45, 2.75) is 51.6 Å². The molecule has 3 aromatic carbocycles. The number of hydrogen-bond acceptors (Lipinski definition) is 4. The minimum Gasteiger partial charge on any atom is -0.354 e. The van der Waals surface area contributed by atoms with Gasteiger partial charge in [-0.05, 0) is 62.6 Å². The quantitative estimate of drug-likeness (QED) is 0.387. The number of halogens is 1. The molecule has 3 aromatic rings. The summed E-state index contributed by atoms with van der Waals surface area (Å²) in [4.78, 5) is 28.0. The molecule has 3 rings (SSSR count). The predicted molar refractivity (Wildman–Crippen MR) is 147 cm³/mol. The maximum atomic E-state index is 14.9. The lowest BCUT2D eigenvalue weighted by molar-refractivity contribution is -0.139. The first-order valence-electron chi connectivity index (χ1n) is 12.5. The van der Waals surface area contributed by atoms with Gasteiger partial charge in [-0.15, -0.1) is 0 Å². The number of amides is 2. The van der Waals surface area contributed by atoms with Gasteiger partial charge < -0.3 is 10.2 Å². The molecule has 1 atom stereocenters. The standard InChI is InChI=1S/C29H34FN3O4S/c1-5-18-31-29(35)23(4)32(19-24-11-7-6-10-22(24)3)28(34)20-33(27-13-9-8-12-26(27)30)38(36,37)25-16-14-21(2)15-17-25/h6-17,23H,5,18-20H2,1-4H3,(H,31,35)/t23-/m0/s1. The van der Waals surface area contributed by atoms with E-state index in [9.17, 15) is 22.4 Å². The van der Waals surface area contributed by atoms with Crippen molar-refractivity contribution in [1.82, 2.24) is 10.2 Å². The SMILES string of the molecule is CCCNC(=O)[C@H](C)N(Cc1ccccc1C)C(=O)CN(c1ccccc1F)S(=O)(=O)c1ccc(C)cc1. The number of anilines is 1. The Morgan fingerprint density at radius 1 is 0.947 bits per heavy atom. The molecule has 0 spiro atoms. The number of nitrogens with one attached hydrogen (secondary N) is 1. The van der Waals surface area contributed by atoms with Gasteiger partial charge in [0.25, 0.3) is 10.0 Å². The van der Waals surface area contributed by atoms with Crippen LogP contribution in [0.1, 0.15) is 37.0 Å². The van der Waals surface area contributed by atoms with E-state index in [0.29, 0.717) is 6.54 Å². The number of carbonyl (C=O) groups excluding carboxylic acids is 2. The van der Waals surface area contributed by atoms with Crippen molar-refractivity contribution in [3.05, 3.63) is 95.3 Å². The van der Waals surface area contributed by atoms with Gasteiger partial charge in [0.15, 0.2) is 0 Å². The van der Waals surface area contributed by atoms with Crippen LogP contribution in [0.5, 0.6) is 0 Å². The lowest BCUT2D eigenvalue weighted by Crippen LogP contribution is -2.51. The Balaban J connectivity index is 2.04. The van der Waals surface area contributed by atoms with E-state index in [1.807, 2.05) is 45.0 Å². The number of sulfonamides is 1. The van der Waals surface area contributed by atoms with E-state index in [4.69, 9.17) is 0 Å². The van der Waals surface area contributed by atoms with Crippen LogP contribution in [0.2, 0.25) is 0 Å². The van der Waals surface area contributed by atoms with Crippen molar-refractivity contribution < 1.29 is 22.4 Å². The molecule has 0 saturated heterocycles. The summed E-state index contributed by atoms with van der Waals surface area (Å²) < 4.78 is 43.1. The summed E-state index contributed by atoms with van der Waals surface area (Å²) in [5.41, 5.74) is 2.34. The first-order chi connectivity index (χ1) is 18.1. The van der Waals surface area contributed by atoms with Crippen LogP contribution >= 0.6 is 0 Å². The molecule has 0 saturated carbocycles. The molecule has 2 amide bonds. The van der Waals surface area contributed by atoms with Crippen molar-refractivity contribution in [2.75, 3.05) is 17.4 Å². The number of carbonyl (C=O) groups is 2. The van der Waals surface area contributed by atoms with Crippen LogP contribution in [0, 0.1) is 19.7 Å². The molecule has 0 aromatic heterocycles.